The van der Waals surface area contributed by atoms with E-state index >= 15 is 0 Å². The Hall–Kier alpha value is -2.66. The molecule has 4 nitrogen and oxygen atoms in total. The minimum Gasteiger partial charge on any atom is -0.482 e. The Balaban J connectivity index is 1.65. The van der Waals surface area contributed by atoms with Gasteiger partial charge in [0.15, 0.2) is 6.61 Å². The van der Waals surface area contributed by atoms with Crippen LogP contribution >= 0.6 is 11.3 Å². The van der Waals surface area contributed by atoms with Crippen molar-refractivity contribution in [3.63, 3.8) is 0 Å². The SMILES string of the molecule is O=C(O)COc1cccc2c1CCc1sc(Cc3ccccc3)nc1-2. The van der Waals surface area contributed by atoms with Crippen molar-refractivity contribution in [1.29, 1.82) is 0 Å². The second-order valence-electron chi connectivity index (χ2n) is 6.01. The standard InChI is InChI=1S/C20H17NO3S/c22-19(23)12-24-16-8-4-7-15-14(16)9-10-17-20(15)21-18(25-17)11-13-5-2-1-3-6-13/h1-8H,9-12H2,(H,22,23). The number of fused-ring (bicyclic) bond motifs is 3. The first-order chi connectivity index (χ1) is 12.2. The average Bonchev–Trinajstić information content (AvgIpc) is 3.03. The van der Waals surface area contributed by atoms with Gasteiger partial charge in [-0.3, -0.25) is 0 Å². The highest BCUT2D eigenvalue weighted by Crippen LogP contribution is 2.40. The molecular weight excluding hydrogens is 334 g/mol. The molecule has 0 saturated carbocycles. The summed E-state index contributed by atoms with van der Waals surface area (Å²) in [5.41, 5.74) is 4.41. The third kappa shape index (κ3) is 3.28. The number of carboxylic acid groups (broad SMARTS) is 1. The Bertz CT molecular complexity index is 918. The lowest BCUT2D eigenvalue weighted by Crippen LogP contribution is -2.12. The van der Waals surface area contributed by atoms with Crippen LogP contribution < -0.4 is 4.74 Å². The molecular formula is C20H17NO3S. The molecule has 0 unspecified atom stereocenters. The summed E-state index contributed by atoms with van der Waals surface area (Å²) in [6.45, 7) is -0.320. The predicted molar refractivity (Wildman–Crippen MR) is 97.3 cm³/mol. The molecule has 0 spiro atoms. The normalized spacial score (nSPS) is 12.3. The molecule has 1 aliphatic rings. The quantitative estimate of drug-likeness (QED) is 0.756. The Morgan fingerprint density at radius 2 is 1.96 bits per heavy atom. The summed E-state index contributed by atoms with van der Waals surface area (Å²) in [5.74, 6) is -0.309. The van der Waals surface area contributed by atoms with E-state index in [0.29, 0.717) is 5.75 Å². The molecule has 0 atom stereocenters. The fourth-order valence-corrected chi connectivity index (χ4v) is 4.30. The van der Waals surface area contributed by atoms with Gasteiger partial charge in [-0.25, -0.2) is 9.78 Å². The maximum absolute atomic E-state index is 10.8. The van der Waals surface area contributed by atoms with Crippen LogP contribution in [0.25, 0.3) is 11.3 Å². The summed E-state index contributed by atoms with van der Waals surface area (Å²) in [5, 5.41) is 9.96. The Morgan fingerprint density at radius 3 is 2.76 bits per heavy atom. The maximum atomic E-state index is 10.8. The first kappa shape index (κ1) is 15.8. The van der Waals surface area contributed by atoms with E-state index in [0.717, 1.165) is 41.1 Å². The molecule has 0 amide bonds. The van der Waals surface area contributed by atoms with Crippen molar-refractivity contribution >= 4 is 17.3 Å². The van der Waals surface area contributed by atoms with Crippen molar-refractivity contribution < 1.29 is 14.6 Å². The van der Waals surface area contributed by atoms with Crippen LogP contribution in [0.1, 0.15) is 21.0 Å². The van der Waals surface area contributed by atoms with Crippen molar-refractivity contribution in [2.24, 2.45) is 0 Å². The highest BCUT2D eigenvalue weighted by atomic mass is 32.1. The van der Waals surface area contributed by atoms with Crippen LogP contribution in [0.5, 0.6) is 5.75 Å². The average molecular weight is 351 g/mol. The van der Waals surface area contributed by atoms with E-state index in [1.165, 1.54) is 10.4 Å². The van der Waals surface area contributed by atoms with Crippen molar-refractivity contribution in [1.82, 2.24) is 4.98 Å². The van der Waals surface area contributed by atoms with E-state index in [1.54, 1.807) is 11.3 Å². The van der Waals surface area contributed by atoms with Crippen LogP contribution in [-0.4, -0.2) is 22.7 Å². The molecule has 126 valence electrons. The van der Waals surface area contributed by atoms with Crippen LogP contribution in [0.15, 0.2) is 48.5 Å². The molecule has 4 rings (SSSR count). The molecule has 0 saturated heterocycles. The molecule has 25 heavy (non-hydrogen) atoms. The summed E-state index contributed by atoms with van der Waals surface area (Å²) in [7, 11) is 0. The van der Waals surface area contributed by atoms with Crippen molar-refractivity contribution in [2.45, 2.75) is 19.3 Å². The Labute approximate surface area is 149 Å². The van der Waals surface area contributed by atoms with Gasteiger partial charge in [0.2, 0.25) is 0 Å². The summed E-state index contributed by atoms with van der Waals surface area (Å²) >= 11 is 1.77. The van der Waals surface area contributed by atoms with Crippen molar-refractivity contribution in [2.75, 3.05) is 6.61 Å². The van der Waals surface area contributed by atoms with Gasteiger partial charge in [0, 0.05) is 22.4 Å². The first-order valence-corrected chi connectivity index (χ1v) is 9.01. The topological polar surface area (TPSA) is 59.4 Å². The van der Waals surface area contributed by atoms with Gasteiger partial charge in [-0.2, -0.15) is 0 Å². The number of ether oxygens (including phenoxy) is 1. The van der Waals surface area contributed by atoms with Gasteiger partial charge in [0.05, 0.1) is 10.7 Å². The summed E-state index contributed by atoms with van der Waals surface area (Å²) in [4.78, 5) is 17.0. The number of benzene rings is 2. The molecule has 0 radical (unpaired) electrons. The Morgan fingerprint density at radius 1 is 1.12 bits per heavy atom. The molecule has 5 heteroatoms. The lowest BCUT2D eigenvalue weighted by Gasteiger charge is -2.18. The second-order valence-corrected chi connectivity index (χ2v) is 7.17. The van der Waals surface area contributed by atoms with Gasteiger partial charge in [-0.1, -0.05) is 42.5 Å². The molecule has 0 fully saturated rings. The fraction of sp³-hybridized carbons (Fsp3) is 0.200. The van der Waals surface area contributed by atoms with E-state index in [1.807, 2.05) is 36.4 Å². The largest absolute Gasteiger partial charge is 0.482 e. The highest BCUT2D eigenvalue weighted by Gasteiger charge is 2.23. The lowest BCUT2D eigenvalue weighted by atomic mass is 9.92. The van der Waals surface area contributed by atoms with E-state index in [9.17, 15) is 4.79 Å². The second kappa shape index (κ2) is 6.69. The number of rotatable bonds is 5. The number of aromatic nitrogens is 1. The van der Waals surface area contributed by atoms with Crippen LogP contribution in [-0.2, 0) is 24.1 Å². The molecule has 0 bridgehead atoms. The molecule has 1 heterocycles. The third-order valence-corrected chi connectivity index (χ3v) is 5.40. The smallest absolute Gasteiger partial charge is 0.341 e. The molecule has 1 N–H and O–H groups in total. The van der Waals surface area contributed by atoms with Gasteiger partial charge in [-0.05, 0) is 24.5 Å². The number of carbonyl (C=O) groups is 1. The highest BCUT2D eigenvalue weighted by molar-refractivity contribution is 7.12. The molecule has 1 aliphatic carbocycles. The van der Waals surface area contributed by atoms with E-state index in [4.69, 9.17) is 14.8 Å². The monoisotopic (exact) mass is 351 g/mol. The minimum absolute atomic E-state index is 0.320. The molecule has 0 aliphatic heterocycles. The zero-order valence-electron chi connectivity index (χ0n) is 13.6. The van der Waals surface area contributed by atoms with Crippen LogP contribution in [0.4, 0.5) is 0 Å². The van der Waals surface area contributed by atoms with Crippen LogP contribution in [0, 0.1) is 0 Å². The lowest BCUT2D eigenvalue weighted by molar-refractivity contribution is -0.139. The molecule has 2 aromatic carbocycles. The van der Waals surface area contributed by atoms with E-state index in [2.05, 4.69) is 12.1 Å². The minimum atomic E-state index is -0.965. The van der Waals surface area contributed by atoms with Gasteiger partial charge in [-0.15, -0.1) is 11.3 Å². The number of thiazole rings is 1. The Kier molecular flexibility index (Phi) is 4.24. The zero-order chi connectivity index (χ0) is 17.2. The zero-order valence-corrected chi connectivity index (χ0v) is 14.4. The van der Waals surface area contributed by atoms with Crippen LogP contribution in [0.3, 0.4) is 0 Å². The third-order valence-electron chi connectivity index (χ3n) is 4.28. The van der Waals surface area contributed by atoms with Crippen LogP contribution in [0.2, 0.25) is 0 Å². The van der Waals surface area contributed by atoms with Gasteiger partial charge >= 0.3 is 5.97 Å². The van der Waals surface area contributed by atoms with Gasteiger partial charge < -0.3 is 9.84 Å². The number of hydrogen-bond donors (Lipinski definition) is 1. The number of aliphatic carboxylic acids is 1. The van der Waals surface area contributed by atoms with E-state index < -0.39 is 5.97 Å². The fourth-order valence-electron chi connectivity index (χ4n) is 3.19. The maximum Gasteiger partial charge on any atom is 0.341 e. The van der Waals surface area contributed by atoms with Gasteiger partial charge in [0.25, 0.3) is 0 Å². The van der Waals surface area contributed by atoms with E-state index in [-0.39, 0.29) is 6.61 Å². The molecule has 3 aromatic rings. The number of aryl methyl sites for hydroxylation is 1. The van der Waals surface area contributed by atoms with Crippen molar-refractivity contribution in [3.8, 4) is 17.0 Å². The summed E-state index contributed by atoms with van der Waals surface area (Å²) in [6.07, 6.45) is 2.61. The first-order valence-electron chi connectivity index (χ1n) is 8.20. The number of hydrogen-bond acceptors (Lipinski definition) is 4. The summed E-state index contributed by atoms with van der Waals surface area (Å²) < 4.78 is 5.46. The number of nitrogens with zero attached hydrogens (tertiary/aromatic N) is 1. The summed E-state index contributed by atoms with van der Waals surface area (Å²) in [6, 6.07) is 16.1. The van der Waals surface area contributed by atoms with Crippen molar-refractivity contribution in [3.05, 3.63) is 69.5 Å². The number of carboxylic acids is 1. The molecule has 1 aromatic heterocycles. The van der Waals surface area contributed by atoms with Gasteiger partial charge in [0.1, 0.15) is 5.75 Å². The predicted octanol–water partition coefficient (Wildman–Crippen LogP) is 3.96.